The molecule has 134 valence electrons. The minimum absolute atomic E-state index is 0.0571. The van der Waals surface area contributed by atoms with Crippen LogP contribution in [0.15, 0.2) is 40.1 Å². The van der Waals surface area contributed by atoms with Crippen molar-refractivity contribution in [2.24, 2.45) is 5.10 Å². The molecular weight excluding hydrogens is 336 g/mol. The number of nitrogen functional groups attached to an aromatic ring is 1. The Morgan fingerprint density at radius 1 is 1.27 bits per heavy atom. The SMILES string of the molecule is C/C(=N/NC(=O)c1nnn(-c2nonc2N)c1C(C)C)c1ccccc1. The summed E-state index contributed by atoms with van der Waals surface area (Å²) in [6.07, 6.45) is 0. The lowest BCUT2D eigenvalue weighted by atomic mass is 10.1. The Morgan fingerprint density at radius 3 is 2.62 bits per heavy atom. The number of amides is 1. The van der Waals surface area contributed by atoms with Crippen LogP contribution in [0.25, 0.3) is 5.82 Å². The molecule has 0 saturated carbocycles. The maximum absolute atomic E-state index is 12.5. The fourth-order valence-electron chi connectivity index (χ4n) is 2.39. The molecule has 0 unspecified atom stereocenters. The highest BCUT2D eigenvalue weighted by atomic mass is 16.6. The number of nitrogens with two attached hydrogens (primary N) is 1. The summed E-state index contributed by atoms with van der Waals surface area (Å²) in [6, 6.07) is 9.51. The van der Waals surface area contributed by atoms with Gasteiger partial charge in [0.15, 0.2) is 5.69 Å². The van der Waals surface area contributed by atoms with E-state index in [1.807, 2.05) is 44.2 Å². The second kappa shape index (κ2) is 7.13. The average Bonchev–Trinajstić information content (AvgIpc) is 3.25. The van der Waals surface area contributed by atoms with Crippen LogP contribution in [0, 0.1) is 0 Å². The van der Waals surface area contributed by atoms with Gasteiger partial charge in [-0.25, -0.2) is 10.1 Å². The topological polar surface area (TPSA) is 137 Å². The van der Waals surface area contributed by atoms with E-state index in [9.17, 15) is 4.79 Å². The molecule has 0 saturated heterocycles. The van der Waals surface area contributed by atoms with Crippen molar-refractivity contribution in [3.8, 4) is 5.82 Å². The summed E-state index contributed by atoms with van der Waals surface area (Å²) >= 11 is 0. The summed E-state index contributed by atoms with van der Waals surface area (Å²) < 4.78 is 5.94. The summed E-state index contributed by atoms with van der Waals surface area (Å²) in [4.78, 5) is 12.5. The molecule has 1 amide bonds. The molecule has 2 aromatic heterocycles. The summed E-state index contributed by atoms with van der Waals surface area (Å²) in [5.41, 5.74) is 10.5. The predicted octanol–water partition coefficient (Wildman–Crippen LogP) is 1.51. The van der Waals surface area contributed by atoms with E-state index in [0.29, 0.717) is 11.4 Å². The van der Waals surface area contributed by atoms with Crippen LogP contribution < -0.4 is 11.2 Å². The first-order valence-corrected chi connectivity index (χ1v) is 7.93. The number of hydrazone groups is 1. The zero-order chi connectivity index (χ0) is 18.7. The quantitative estimate of drug-likeness (QED) is 0.523. The normalized spacial score (nSPS) is 11.8. The van der Waals surface area contributed by atoms with Gasteiger partial charge in [-0.2, -0.15) is 9.78 Å². The minimum atomic E-state index is -0.481. The first kappa shape index (κ1) is 17.3. The van der Waals surface area contributed by atoms with Crippen molar-refractivity contribution in [3.05, 3.63) is 47.3 Å². The number of benzene rings is 1. The van der Waals surface area contributed by atoms with E-state index >= 15 is 0 Å². The molecule has 0 aliphatic heterocycles. The van der Waals surface area contributed by atoms with Crippen LogP contribution in [0.2, 0.25) is 0 Å². The molecule has 26 heavy (non-hydrogen) atoms. The van der Waals surface area contributed by atoms with Crippen molar-refractivity contribution in [1.29, 1.82) is 0 Å². The lowest BCUT2D eigenvalue weighted by molar-refractivity contribution is 0.0948. The number of carbonyl (C=O) groups is 1. The van der Waals surface area contributed by atoms with Crippen molar-refractivity contribution < 1.29 is 9.42 Å². The average molecular weight is 354 g/mol. The number of rotatable bonds is 5. The predicted molar refractivity (Wildman–Crippen MR) is 93.8 cm³/mol. The lowest BCUT2D eigenvalue weighted by Crippen LogP contribution is -2.22. The Morgan fingerprint density at radius 2 is 2.00 bits per heavy atom. The van der Waals surface area contributed by atoms with E-state index in [4.69, 9.17) is 5.73 Å². The molecule has 10 nitrogen and oxygen atoms in total. The van der Waals surface area contributed by atoms with Crippen molar-refractivity contribution in [1.82, 2.24) is 30.7 Å². The van der Waals surface area contributed by atoms with Gasteiger partial charge in [0, 0.05) is 0 Å². The van der Waals surface area contributed by atoms with E-state index in [0.717, 1.165) is 5.56 Å². The van der Waals surface area contributed by atoms with Gasteiger partial charge in [0.25, 0.3) is 5.91 Å². The number of nitrogens with zero attached hydrogens (tertiary/aromatic N) is 6. The molecule has 0 bridgehead atoms. The number of hydrogen-bond donors (Lipinski definition) is 2. The summed E-state index contributed by atoms with van der Waals surface area (Å²) in [6.45, 7) is 5.60. The Hall–Kier alpha value is -3.56. The van der Waals surface area contributed by atoms with E-state index < -0.39 is 5.91 Å². The third kappa shape index (κ3) is 3.29. The number of nitrogens with one attached hydrogen (secondary N) is 1. The molecule has 0 atom stereocenters. The second-order valence-electron chi connectivity index (χ2n) is 5.87. The molecule has 3 N–H and O–H groups in total. The lowest BCUT2D eigenvalue weighted by Gasteiger charge is -2.08. The Labute approximate surface area is 149 Å². The first-order chi connectivity index (χ1) is 12.5. The molecule has 0 fully saturated rings. The molecule has 0 spiro atoms. The Kier molecular flexibility index (Phi) is 4.74. The third-order valence-electron chi connectivity index (χ3n) is 3.68. The molecule has 3 aromatic rings. The van der Waals surface area contributed by atoms with E-state index in [1.165, 1.54) is 4.68 Å². The summed E-state index contributed by atoms with van der Waals surface area (Å²) in [5, 5.41) is 19.3. The Balaban J connectivity index is 1.88. The van der Waals surface area contributed by atoms with E-state index in [2.05, 4.69) is 35.8 Å². The van der Waals surface area contributed by atoms with Crippen LogP contribution in [0.3, 0.4) is 0 Å². The van der Waals surface area contributed by atoms with E-state index in [1.54, 1.807) is 6.92 Å². The fraction of sp³-hybridized carbons (Fsp3) is 0.250. The molecule has 2 heterocycles. The molecule has 10 heteroatoms. The van der Waals surface area contributed by atoms with Crippen LogP contribution in [-0.4, -0.2) is 36.9 Å². The van der Waals surface area contributed by atoms with Crippen molar-refractivity contribution >= 4 is 17.4 Å². The molecular formula is C16H18N8O2. The van der Waals surface area contributed by atoms with Gasteiger partial charge in [0.05, 0.1) is 11.4 Å². The molecule has 0 radical (unpaired) electrons. The van der Waals surface area contributed by atoms with Crippen molar-refractivity contribution in [2.45, 2.75) is 26.7 Å². The van der Waals surface area contributed by atoms with Crippen LogP contribution in [-0.2, 0) is 0 Å². The van der Waals surface area contributed by atoms with Gasteiger partial charge in [0.2, 0.25) is 11.6 Å². The number of aromatic nitrogens is 5. The van der Waals surface area contributed by atoms with Crippen LogP contribution in [0.5, 0.6) is 0 Å². The van der Waals surface area contributed by atoms with Gasteiger partial charge in [-0.05, 0) is 28.7 Å². The Bertz CT molecular complexity index is 942. The van der Waals surface area contributed by atoms with Crippen LogP contribution >= 0.6 is 0 Å². The van der Waals surface area contributed by atoms with Crippen molar-refractivity contribution in [2.75, 3.05) is 5.73 Å². The van der Waals surface area contributed by atoms with Gasteiger partial charge in [-0.3, -0.25) is 4.79 Å². The van der Waals surface area contributed by atoms with Gasteiger partial charge < -0.3 is 5.73 Å². The summed E-state index contributed by atoms with van der Waals surface area (Å²) in [7, 11) is 0. The molecule has 3 rings (SSSR count). The number of carbonyl (C=O) groups excluding carboxylic acids is 1. The van der Waals surface area contributed by atoms with Gasteiger partial charge in [0.1, 0.15) is 0 Å². The molecule has 0 aliphatic carbocycles. The second-order valence-corrected chi connectivity index (χ2v) is 5.87. The van der Waals surface area contributed by atoms with E-state index in [-0.39, 0.29) is 23.2 Å². The van der Waals surface area contributed by atoms with Crippen LogP contribution in [0.4, 0.5) is 5.82 Å². The zero-order valence-corrected chi connectivity index (χ0v) is 14.5. The highest BCUT2D eigenvalue weighted by Crippen LogP contribution is 2.22. The number of anilines is 1. The van der Waals surface area contributed by atoms with Gasteiger partial charge >= 0.3 is 0 Å². The largest absolute Gasteiger partial charge is 0.378 e. The van der Waals surface area contributed by atoms with Crippen LogP contribution in [0.1, 0.15) is 48.4 Å². The minimum Gasteiger partial charge on any atom is -0.378 e. The molecule has 0 aliphatic rings. The maximum atomic E-state index is 12.5. The molecule has 1 aromatic carbocycles. The van der Waals surface area contributed by atoms with Gasteiger partial charge in [-0.15, -0.1) is 5.10 Å². The zero-order valence-electron chi connectivity index (χ0n) is 14.5. The monoisotopic (exact) mass is 354 g/mol. The highest BCUT2D eigenvalue weighted by molar-refractivity contribution is 6.00. The smallest absolute Gasteiger partial charge is 0.293 e. The third-order valence-corrected chi connectivity index (χ3v) is 3.68. The maximum Gasteiger partial charge on any atom is 0.293 e. The first-order valence-electron chi connectivity index (χ1n) is 7.93. The summed E-state index contributed by atoms with van der Waals surface area (Å²) in [5.74, 6) is -0.322. The highest BCUT2D eigenvalue weighted by Gasteiger charge is 2.25. The van der Waals surface area contributed by atoms with Gasteiger partial charge in [-0.1, -0.05) is 49.4 Å². The standard InChI is InChI=1S/C16H18N8O2/c1-9(2)13-12(19-23-24(13)15-14(17)21-26-22-15)16(25)20-18-10(3)11-7-5-4-6-8-11/h4-9H,1-3H3,(H2,17,21)(H,20,25)/b18-10-. The van der Waals surface area contributed by atoms with Crippen molar-refractivity contribution in [3.63, 3.8) is 0 Å². The number of hydrogen-bond acceptors (Lipinski definition) is 8. The fourth-order valence-corrected chi connectivity index (χ4v) is 2.39.